The van der Waals surface area contributed by atoms with Gasteiger partial charge < -0.3 is 15.4 Å². The maximum Gasteiger partial charge on any atom is 0.238 e. The van der Waals surface area contributed by atoms with Gasteiger partial charge in [-0.15, -0.1) is 0 Å². The summed E-state index contributed by atoms with van der Waals surface area (Å²) in [7, 11) is 0. The molecule has 3 fully saturated rings. The lowest BCUT2D eigenvalue weighted by Crippen LogP contribution is -2.50. The summed E-state index contributed by atoms with van der Waals surface area (Å²) in [6, 6.07) is 6.53. The number of aromatic nitrogens is 2. The van der Waals surface area contributed by atoms with E-state index >= 15 is 0 Å². The number of carbonyl (C=O) groups is 1. The van der Waals surface area contributed by atoms with E-state index < -0.39 is 6.04 Å². The fraction of sp³-hybridized carbons (Fsp3) is 0.560. The van der Waals surface area contributed by atoms with Gasteiger partial charge in [-0.2, -0.15) is 10.4 Å². The second kappa shape index (κ2) is 9.62. The lowest BCUT2D eigenvalue weighted by Gasteiger charge is -2.23. The van der Waals surface area contributed by atoms with Crippen LogP contribution in [0, 0.1) is 23.1 Å². The second-order valence-electron chi connectivity index (χ2n) is 9.55. The summed E-state index contributed by atoms with van der Waals surface area (Å²) in [5.74, 6) is -0.195. The Morgan fingerprint density at radius 1 is 1.33 bits per heavy atom. The fourth-order valence-corrected chi connectivity index (χ4v) is 5.43. The molecule has 1 amide bonds. The molecule has 1 unspecified atom stereocenters. The van der Waals surface area contributed by atoms with Crippen molar-refractivity contribution in [1.82, 2.24) is 20.4 Å². The highest BCUT2D eigenvalue weighted by Crippen LogP contribution is 2.35. The molecular formula is C25H30FN5O2. The summed E-state index contributed by atoms with van der Waals surface area (Å²) < 4.78 is 22.5. The van der Waals surface area contributed by atoms with Crippen molar-refractivity contribution < 1.29 is 13.9 Å². The van der Waals surface area contributed by atoms with Gasteiger partial charge in [0, 0.05) is 30.8 Å². The third-order valence-corrected chi connectivity index (χ3v) is 7.22. The molecule has 1 aromatic carbocycles. The maximum atomic E-state index is 14.9. The molecule has 2 aromatic rings. The van der Waals surface area contributed by atoms with Crippen LogP contribution in [0.2, 0.25) is 0 Å². The van der Waals surface area contributed by atoms with Gasteiger partial charge >= 0.3 is 0 Å². The van der Waals surface area contributed by atoms with E-state index in [1.54, 1.807) is 12.3 Å². The highest BCUT2D eigenvalue weighted by Gasteiger charge is 2.43. The molecule has 5 atom stereocenters. The van der Waals surface area contributed by atoms with Crippen molar-refractivity contribution in [2.45, 2.75) is 75.7 Å². The molecule has 3 heterocycles. The minimum absolute atomic E-state index is 0.132. The first-order valence-electron chi connectivity index (χ1n) is 12.0. The number of halogens is 1. The Morgan fingerprint density at radius 3 is 2.94 bits per heavy atom. The van der Waals surface area contributed by atoms with Crippen LogP contribution in [0.5, 0.6) is 0 Å². The van der Waals surface area contributed by atoms with Crippen molar-refractivity contribution in [2.24, 2.45) is 5.92 Å². The van der Waals surface area contributed by atoms with Crippen LogP contribution in [0.15, 0.2) is 30.6 Å². The van der Waals surface area contributed by atoms with E-state index in [-0.39, 0.29) is 30.3 Å². The van der Waals surface area contributed by atoms with Crippen molar-refractivity contribution in [1.29, 1.82) is 5.26 Å². The van der Waals surface area contributed by atoms with E-state index in [0.717, 1.165) is 49.8 Å². The van der Waals surface area contributed by atoms with E-state index in [9.17, 15) is 14.4 Å². The van der Waals surface area contributed by atoms with Crippen molar-refractivity contribution in [2.75, 3.05) is 6.61 Å². The summed E-state index contributed by atoms with van der Waals surface area (Å²) in [6.45, 7) is 1.50. The van der Waals surface area contributed by atoms with Crippen LogP contribution < -0.4 is 10.6 Å². The predicted octanol–water partition coefficient (Wildman–Crippen LogP) is 2.95. The third-order valence-electron chi connectivity index (χ3n) is 7.22. The number of amides is 1. The molecule has 2 aliphatic heterocycles. The van der Waals surface area contributed by atoms with E-state index in [1.807, 2.05) is 16.9 Å². The Morgan fingerprint density at radius 2 is 2.24 bits per heavy atom. The number of ether oxygens (including phenoxy) is 1. The molecule has 5 rings (SSSR count). The smallest absolute Gasteiger partial charge is 0.238 e. The highest BCUT2D eigenvalue weighted by atomic mass is 19.1. The summed E-state index contributed by atoms with van der Waals surface area (Å²) in [5.41, 5.74) is 1.98. The van der Waals surface area contributed by atoms with E-state index in [2.05, 4.69) is 21.8 Å². The molecule has 1 aliphatic carbocycles. The minimum Gasteiger partial charge on any atom is -0.376 e. The van der Waals surface area contributed by atoms with Gasteiger partial charge in [0.05, 0.1) is 31.0 Å². The number of hydrogen-bond acceptors (Lipinski definition) is 5. The number of fused-ring (bicyclic) bond motifs is 2. The summed E-state index contributed by atoms with van der Waals surface area (Å²) in [4.78, 5) is 12.6. The standard InChI is InChI=1S/C25H30FN5O2/c26-23-11-16(19-13-28-31(14-19)15-22-3-1-2-8-33-22)4-5-17(23)9-21(12-27)30-25(32)24-18-6-7-20(10-18)29-24/h4-5,11,13-14,18,20-22,24,29H,1-3,6-10,15H2,(H,30,32)/t18-,20+,21-,22?,24-/m0/s1. The summed E-state index contributed by atoms with van der Waals surface area (Å²) in [5, 5.41) is 20.1. The Kier molecular flexibility index (Phi) is 6.43. The van der Waals surface area contributed by atoms with Crippen LogP contribution >= 0.6 is 0 Å². The van der Waals surface area contributed by atoms with Gasteiger partial charge in [0.15, 0.2) is 0 Å². The molecular weight excluding hydrogens is 421 g/mol. The zero-order valence-electron chi connectivity index (χ0n) is 18.7. The number of carbonyl (C=O) groups excluding carboxylic acids is 1. The van der Waals surface area contributed by atoms with Crippen molar-refractivity contribution >= 4 is 5.91 Å². The molecule has 2 N–H and O–H groups in total. The van der Waals surface area contributed by atoms with E-state index in [1.165, 1.54) is 12.5 Å². The van der Waals surface area contributed by atoms with Gasteiger partial charge in [-0.25, -0.2) is 4.39 Å². The van der Waals surface area contributed by atoms with Crippen LogP contribution in [0.4, 0.5) is 4.39 Å². The normalized spacial score (nSPS) is 27.3. The molecule has 33 heavy (non-hydrogen) atoms. The molecule has 2 bridgehead atoms. The molecule has 1 saturated carbocycles. The van der Waals surface area contributed by atoms with E-state index in [0.29, 0.717) is 24.1 Å². The van der Waals surface area contributed by atoms with Crippen LogP contribution in [0.25, 0.3) is 11.1 Å². The van der Waals surface area contributed by atoms with Gasteiger partial charge in [-0.05, 0) is 61.6 Å². The molecule has 3 aliphatic rings. The lowest BCUT2D eigenvalue weighted by atomic mass is 9.98. The largest absolute Gasteiger partial charge is 0.376 e. The maximum absolute atomic E-state index is 14.9. The monoisotopic (exact) mass is 451 g/mol. The number of benzene rings is 1. The topological polar surface area (TPSA) is 92.0 Å². The summed E-state index contributed by atoms with van der Waals surface area (Å²) in [6.07, 6.45) is 10.5. The first-order chi connectivity index (χ1) is 16.1. The van der Waals surface area contributed by atoms with Crippen molar-refractivity contribution in [3.63, 3.8) is 0 Å². The summed E-state index contributed by atoms with van der Waals surface area (Å²) >= 11 is 0. The molecule has 174 valence electrons. The molecule has 0 spiro atoms. The fourth-order valence-electron chi connectivity index (χ4n) is 5.43. The Labute approximate surface area is 193 Å². The lowest BCUT2D eigenvalue weighted by molar-refractivity contribution is -0.124. The number of hydrogen-bond donors (Lipinski definition) is 2. The zero-order chi connectivity index (χ0) is 22.8. The number of piperidine rings is 1. The van der Waals surface area contributed by atoms with Gasteiger partial charge in [-0.1, -0.05) is 12.1 Å². The quantitative estimate of drug-likeness (QED) is 0.675. The van der Waals surface area contributed by atoms with Crippen LogP contribution in [0.1, 0.15) is 44.1 Å². The zero-order valence-corrected chi connectivity index (χ0v) is 18.7. The number of nitriles is 1. The first kappa shape index (κ1) is 22.1. The van der Waals surface area contributed by atoms with Gasteiger partial charge in [0.25, 0.3) is 0 Å². The average molecular weight is 452 g/mol. The Balaban J connectivity index is 1.20. The molecule has 8 heteroatoms. The van der Waals surface area contributed by atoms with Crippen molar-refractivity contribution in [3.05, 3.63) is 42.0 Å². The SMILES string of the molecule is N#C[C@H](Cc1ccc(-c2cnn(CC3CCCCO3)c2)cc1F)NC(=O)[C@H]1N[C@@H]2CC[C@H]1C2. The average Bonchev–Trinajstić information content (AvgIpc) is 3.58. The molecule has 2 saturated heterocycles. The van der Waals surface area contributed by atoms with Gasteiger partial charge in [-0.3, -0.25) is 9.48 Å². The van der Waals surface area contributed by atoms with E-state index in [4.69, 9.17) is 4.74 Å². The van der Waals surface area contributed by atoms with Crippen LogP contribution in [-0.2, 0) is 22.5 Å². The Bertz CT molecular complexity index is 1040. The second-order valence-corrected chi connectivity index (χ2v) is 9.55. The van der Waals surface area contributed by atoms with Crippen LogP contribution in [0.3, 0.4) is 0 Å². The molecule has 1 aromatic heterocycles. The molecule has 0 radical (unpaired) electrons. The van der Waals surface area contributed by atoms with Crippen LogP contribution in [-0.4, -0.2) is 46.5 Å². The number of nitrogens with one attached hydrogen (secondary N) is 2. The van der Waals surface area contributed by atoms with Crippen molar-refractivity contribution in [3.8, 4) is 17.2 Å². The third kappa shape index (κ3) is 4.94. The van der Waals surface area contributed by atoms with Gasteiger partial charge in [0.1, 0.15) is 11.9 Å². The molecule has 7 nitrogen and oxygen atoms in total. The highest BCUT2D eigenvalue weighted by molar-refractivity contribution is 5.83. The minimum atomic E-state index is -0.767. The Hall–Kier alpha value is -2.76. The predicted molar refractivity (Wildman–Crippen MR) is 121 cm³/mol. The number of nitrogens with zero attached hydrogens (tertiary/aromatic N) is 3. The first-order valence-corrected chi connectivity index (χ1v) is 12.0. The van der Waals surface area contributed by atoms with Gasteiger partial charge in [0.2, 0.25) is 5.91 Å². The number of rotatable bonds is 7.